The normalized spacial score (nSPS) is 8.00. The summed E-state index contributed by atoms with van der Waals surface area (Å²) >= 11 is 0. The van der Waals surface area contributed by atoms with E-state index in [2.05, 4.69) is 15.1 Å². The summed E-state index contributed by atoms with van der Waals surface area (Å²) < 4.78 is 7.66. The molecule has 6 heteroatoms. The van der Waals surface area contributed by atoms with Crippen molar-refractivity contribution in [2.24, 2.45) is 5.73 Å². The van der Waals surface area contributed by atoms with E-state index in [4.69, 9.17) is 0 Å². The molecule has 1 aromatic rings. The molecule has 0 aromatic carbocycles. The van der Waals surface area contributed by atoms with E-state index in [0.717, 1.165) is 0 Å². The van der Waals surface area contributed by atoms with Crippen molar-refractivity contribution in [2.75, 3.05) is 0 Å². The maximum Gasteiger partial charge on any atom is 0.394 e. The average Bonchev–Trinajstić information content (AvgIpc) is 2.06. The van der Waals surface area contributed by atoms with Gasteiger partial charge in [-0.15, -0.1) is 9.36 Å². The summed E-state index contributed by atoms with van der Waals surface area (Å²) in [6, 6.07) is -0.741. The minimum absolute atomic E-state index is 0. The molecule has 1 heterocycles. The SMILES string of the molecule is NC(=O)n1oo1.O. The average molecular weight is 108 g/mol. The van der Waals surface area contributed by atoms with Gasteiger partial charge in [-0.05, 0) is 0 Å². The van der Waals surface area contributed by atoms with Crippen LogP contribution >= 0.6 is 0 Å². The molecule has 7 heavy (non-hydrogen) atoms. The molecule has 0 atom stereocenters. The molecule has 0 unspecified atom stereocenters. The van der Waals surface area contributed by atoms with Crippen LogP contribution in [0.3, 0.4) is 0 Å². The van der Waals surface area contributed by atoms with Crippen LogP contribution in [0.4, 0.5) is 4.79 Å². The lowest BCUT2D eigenvalue weighted by Gasteiger charge is -1.62. The molecule has 1 amide bonds. The van der Waals surface area contributed by atoms with Gasteiger partial charge in [0.15, 0.2) is 0 Å². The first kappa shape index (κ1) is 5.83. The summed E-state index contributed by atoms with van der Waals surface area (Å²) in [7, 11) is 0. The lowest BCUT2D eigenvalue weighted by molar-refractivity contribution is 0.242. The predicted octanol–water partition coefficient (Wildman–Crippen LogP) is -1.22. The smallest absolute Gasteiger partial charge is 0.394 e. The van der Waals surface area contributed by atoms with Crippen molar-refractivity contribution in [3.8, 4) is 0 Å². The Bertz CT molecular complexity index is 127. The quantitative estimate of drug-likeness (QED) is 0.420. The van der Waals surface area contributed by atoms with E-state index in [0.29, 0.717) is 4.91 Å². The van der Waals surface area contributed by atoms with E-state index in [1.54, 1.807) is 0 Å². The molecule has 0 aliphatic rings. The van der Waals surface area contributed by atoms with Gasteiger partial charge in [-0.1, -0.05) is 0 Å². The Hall–Kier alpha value is -1.17. The topological polar surface area (TPSA) is 106 Å². The third-order valence-corrected chi connectivity index (χ3v) is 0.329. The van der Waals surface area contributed by atoms with Gasteiger partial charge in [0.05, 0.1) is 0 Å². The highest BCUT2D eigenvalue weighted by atomic mass is 17.3. The Kier molecular flexibility index (Phi) is 1.26. The zero-order valence-electron chi connectivity index (χ0n) is 3.25. The molecule has 1 aromatic heterocycles. The lowest BCUT2D eigenvalue weighted by Crippen LogP contribution is -2.12. The molecule has 6 nitrogen and oxygen atoms in total. The highest BCUT2D eigenvalue weighted by Crippen LogP contribution is 1.87. The molecular weight excluding hydrogens is 104 g/mol. The standard InChI is InChI=1S/CH2N2O3.H2O/c2-1(4)3-5-6-3;/h(H2,2,4);1H2. The minimum Gasteiger partial charge on any atom is -0.412 e. The van der Waals surface area contributed by atoms with Gasteiger partial charge in [0.1, 0.15) is 4.91 Å². The number of rotatable bonds is 0. The van der Waals surface area contributed by atoms with Crippen LogP contribution in [0.15, 0.2) is 9.36 Å². The fraction of sp³-hybridized carbons (Fsp3) is 0. The molecule has 42 valence electrons. The second kappa shape index (κ2) is 1.52. The Morgan fingerprint density at radius 1 is 1.57 bits per heavy atom. The summed E-state index contributed by atoms with van der Waals surface area (Å²) in [5.74, 6) is 0. The van der Waals surface area contributed by atoms with Gasteiger partial charge in [-0.2, -0.15) is 0 Å². The Balaban J connectivity index is 0.000000360. The fourth-order valence-corrected chi connectivity index (χ4v) is 0.0901. The van der Waals surface area contributed by atoms with Crippen LogP contribution in [0.5, 0.6) is 0 Å². The molecule has 0 spiro atoms. The third kappa shape index (κ3) is 1.14. The third-order valence-electron chi connectivity index (χ3n) is 0.329. The first-order valence-electron chi connectivity index (χ1n) is 1.25. The van der Waals surface area contributed by atoms with Crippen LogP contribution in [0.25, 0.3) is 0 Å². The molecule has 0 fully saturated rings. The van der Waals surface area contributed by atoms with Crippen LogP contribution in [0.2, 0.25) is 0 Å². The van der Waals surface area contributed by atoms with Crippen LogP contribution < -0.4 is 5.73 Å². The molecule has 0 bridgehead atoms. The number of primary amides is 1. The van der Waals surface area contributed by atoms with Gasteiger partial charge < -0.3 is 11.2 Å². The molecule has 0 radical (unpaired) electrons. The number of hydrogen-bond donors (Lipinski definition) is 1. The Morgan fingerprint density at radius 3 is 2.00 bits per heavy atom. The van der Waals surface area contributed by atoms with E-state index < -0.39 is 6.03 Å². The van der Waals surface area contributed by atoms with Crippen molar-refractivity contribution in [3.63, 3.8) is 0 Å². The number of nitrogens with two attached hydrogens (primary N) is 1. The van der Waals surface area contributed by atoms with Crippen molar-refractivity contribution in [1.29, 1.82) is 0 Å². The van der Waals surface area contributed by atoms with Crippen molar-refractivity contribution in [1.82, 2.24) is 4.91 Å². The number of amides is 1. The van der Waals surface area contributed by atoms with Crippen molar-refractivity contribution >= 4 is 6.03 Å². The van der Waals surface area contributed by atoms with Crippen LogP contribution in [0, 0.1) is 0 Å². The molecule has 0 saturated heterocycles. The zero-order valence-corrected chi connectivity index (χ0v) is 3.25. The Morgan fingerprint density at radius 2 is 2.00 bits per heavy atom. The highest BCUT2D eigenvalue weighted by Gasteiger charge is 2.06. The number of carbonyl (C=O) groups excluding carboxylic acids is 1. The summed E-state index contributed by atoms with van der Waals surface area (Å²) in [4.78, 5) is 10.2. The first-order valence-corrected chi connectivity index (χ1v) is 1.25. The van der Waals surface area contributed by atoms with Crippen LogP contribution in [-0.4, -0.2) is 16.4 Å². The van der Waals surface area contributed by atoms with E-state index in [9.17, 15) is 4.79 Å². The second-order valence-corrected chi connectivity index (χ2v) is 0.744. The molecule has 0 aliphatic carbocycles. The van der Waals surface area contributed by atoms with Gasteiger partial charge in [0.25, 0.3) is 0 Å². The summed E-state index contributed by atoms with van der Waals surface area (Å²) in [6.07, 6.45) is 0. The highest BCUT2D eigenvalue weighted by molar-refractivity contribution is 5.71. The largest absolute Gasteiger partial charge is 0.412 e. The monoisotopic (exact) mass is 108 g/mol. The Labute approximate surface area is 37.6 Å². The van der Waals surface area contributed by atoms with Crippen LogP contribution in [-0.2, 0) is 0 Å². The summed E-state index contributed by atoms with van der Waals surface area (Å²) in [6.45, 7) is 0. The van der Waals surface area contributed by atoms with Crippen LogP contribution in [0.1, 0.15) is 0 Å². The number of aromatic nitrogens is 1. The summed E-state index contributed by atoms with van der Waals surface area (Å²) in [5.41, 5.74) is 4.53. The van der Waals surface area contributed by atoms with E-state index >= 15 is 0 Å². The van der Waals surface area contributed by atoms with E-state index in [1.165, 1.54) is 0 Å². The van der Waals surface area contributed by atoms with Gasteiger partial charge in [0, 0.05) is 0 Å². The van der Waals surface area contributed by atoms with Gasteiger partial charge in [-0.25, -0.2) is 4.79 Å². The molecule has 4 N–H and O–H groups in total. The number of hydrogen-bond acceptors (Lipinski definition) is 3. The minimum atomic E-state index is -0.741. The van der Waals surface area contributed by atoms with Crippen molar-refractivity contribution in [2.45, 2.75) is 0 Å². The zero-order chi connectivity index (χ0) is 4.57. The molecule has 0 saturated carbocycles. The van der Waals surface area contributed by atoms with Gasteiger partial charge >= 0.3 is 6.03 Å². The lowest BCUT2D eigenvalue weighted by atomic mass is 11.2. The molecule has 0 aliphatic heterocycles. The van der Waals surface area contributed by atoms with Gasteiger partial charge in [-0.3, -0.25) is 0 Å². The molecular formula is CH4N2O4. The second-order valence-electron chi connectivity index (χ2n) is 0.744. The maximum atomic E-state index is 9.66. The molecule has 1 rings (SSSR count). The van der Waals surface area contributed by atoms with Gasteiger partial charge in [0.2, 0.25) is 0 Å². The number of nitrogens with zero attached hydrogens (tertiary/aromatic N) is 1. The maximum absolute atomic E-state index is 9.66. The van der Waals surface area contributed by atoms with Crippen molar-refractivity contribution in [3.05, 3.63) is 0 Å². The first-order chi connectivity index (χ1) is 2.80. The van der Waals surface area contributed by atoms with Crippen molar-refractivity contribution < 1.29 is 19.6 Å². The predicted molar refractivity (Wildman–Crippen MR) is 17.6 cm³/mol. The summed E-state index contributed by atoms with van der Waals surface area (Å²) in [5, 5.41) is 0. The fourth-order valence-electron chi connectivity index (χ4n) is 0.0901. The number of carbonyl (C=O) groups is 1. The van der Waals surface area contributed by atoms with E-state index in [1.807, 2.05) is 0 Å². The van der Waals surface area contributed by atoms with E-state index in [-0.39, 0.29) is 5.48 Å².